The van der Waals surface area contributed by atoms with Crippen LogP contribution in [0.3, 0.4) is 0 Å². The average Bonchev–Trinajstić information content (AvgIpc) is 3.44. The summed E-state index contributed by atoms with van der Waals surface area (Å²) in [5, 5.41) is 13.0. The van der Waals surface area contributed by atoms with E-state index < -0.39 is 0 Å². The van der Waals surface area contributed by atoms with E-state index in [1.165, 1.54) is 109 Å². The maximum atomic E-state index is 2.46. The molecule has 1 aliphatic carbocycles. The van der Waals surface area contributed by atoms with E-state index in [2.05, 4.69) is 196 Å². The molecule has 0 amide bonds. The Morgan fingerprint density at radius 2 is 0.755 bits per heavy atom. The Balaban J connectivity index is 0.975. The van der Waals surface area contributed by atoms with Gasteiger partial charge in [0.25, 0.3) is 0 Å². The van der Waals surface area contributed by atoms with E-state index in [1.807, 2.05) is 0 Å². The highest BCUT2D eigenvalue weighted by molar-refractivity contribution is 6.23. The normalized spacial score (nSPS) is 13.2. The Morgan fingerprint density at radius 3 is 1.49 bits per heavy atom. The summed E-state index contributed by atoms with van der Waals surface area (Å²) in [6, 6.07) is 67.9. The van der Waals surface area contributed by atoms with E-state index in [-0.39, 0.29) is 5.41 Å². The quantitative estimate of drug-likeness (QED) is 0.164. The minimum absolute atomic E-state index is 0.128. The summed E-state index contributed by atoms with van der Waals surface area (Å²) >= 11 is 0. The lowest BCUT2D eigenvalue weighted by Gasteiger charge is -2.23. The second-order valence-corrected chi connectivity index (χ2v) is 15.3. The highest BCUT2D eigenvalue weighted by Gasteiger charge is 2.36. The minimum atomic E-state index is -0.128. The van der Waals surface area contributed by atoms with Gasteiger partial charge in [0, 0.05) is 5.41 Å². The van der Waals surface area contributed by atoms with Crippen molar-refractivity contribution in [1.29, 1.82) is 0 Å². The molecule has 248 valence electrons. The molecular formula is C53H36. The van der Waals surface area contributed by atoms with E-state index in [1.54, 1.807) is 0 Å². The van der Waals surface area contributed by atoms with Crippen LogP contribution in [-0.2, 0) is 5.41 Å². The summed E-state index contributed by atoms with van der Waals surface area (Å²) in [7, 11) is 0. The van der Waals surface area contributed by atoms with Crippen molar-refractivity contribution in [3.05, 3.63) is 193 Å². The largest absolute Gasteiger partial charge is 0.0616 e. The van der Waals surface area contributed by atoms with Crippen molar-refractivity contribution in [2.45, 2.75) is 19.3 Å². The first-order chi connectivity index (χ1) is 26.0. The van der Waals surface area contributed by atoms with E-state index in [9.17, 15) is 0 Å². The SMILES string of the molecule is CC1(C)c2cc(-c3ccc(-c4cc5ccc6ccccc6c5c5ccccc45)cc3)ccc2-c2ccc(-c3cc4ccccc4c4ccccc34)cc21. The van der Waals surface area contributed by atoms with Crippen LogP contribution in [-0.4, -0.2) is 0 Å². The van der Waals surface area contributed by atoms with Gasteiger partial charge in [-0.3, -0.25) is 0 Å². The monoisotopic (exact) mass is 672 g/mol. The zero-order valence-electron chi connectivity index (χ0n) is 29.8. The van der Waals surface area contributed by atoms with Crippen molar-refractivity contribution in [1.82, 2.24) is 0 Å². The summed E-state index contributed by atoms with van der Waals surface area (Å²) in [5.41, 5.74) is 12.9. The fraction of sp³-hybridized carbons (Fsp3) is 0.0566. The van der Waals surface area contributed by atoms with Crippen LogP contribution in [0.5, 0.6) is 0 Å². The van der Waals surface area contributed by atoms with Crippen LogP contribution in [0.25, 0.3) is 98.4 Å². The average molecular weight is 673 g/mol. The molecule has 10 aromatic carbocycles. The first kappa shape index (κ1) is 30.2. The zero-order chi connectivity index (χ0) is 35.3. The first-order valence-corrected chi connectivity index (χ1v) is 18.7. The molecular weight excluding hydrogens is 637 g/mol. The molecule has 0 aliphatic heterocycles. The summed E-state index contributed by atoms with van der Waals surface area (Å²) in [6.45, 7) is 4.78. The van der Waals surface area contributed by atoms with Crippen molar-refractivity contribution in [2.24, 2.45) is 0 Å². The van der Waals surface area contributed by atoms with Crippen molar-refractivity contribution in [2.75, 3.05) is 0 Å². The summed E-state index contributed by atoms with van der Waals surface area (Å²) in [6.07, 6.45) is 0. The predicted molar refractivity (Wildman–Crippen MR) is 228 cm³/mol. The van der Waals surface area contributed by atoms with Gasteiger partial charge in [-0.2, -0.15) is 0 Å². The molecule has 0 bridgehead atoms. The van der Waals surface area contributed by atoms with Gasteiger partial charge in [0.05, 0.1) is 0 Å². The van der Waals surface area contributed by atoms with Gasteiger partial charge in [-0.05, 0) is 134 Å². The number of fused-ring (bicyclic) bond motifs is 11. The number of hydrogen-bond acceptors (Lipinski definition) is 0. The zero-order valence-corrected chi connectivity index (χ0v) is 29.8. The van der Waals surface area contributed by atoms with Crippen LogP contribution >= 0.6 is 0 Å². The maximum Gasteiger partial charge on any atom is 0.0159 e. The molecule has 53 heavy (non-hydrogen) atoms. The molecule has 0 nitrogen and oxygen atoms in total. The Morgan fingerprint density at radius 1 is 0.283 bits per heavy atom. The number of rotatable bonds is 3. The van der Waals surface area contributed by atoms with Crippen molar-refractivity contribution >= 4 is 53.9 Å². The van der Waals surface area contributed by atoms with Gasteiger partial charge in [0.2, 0.25) is 0 Å². The van der Waals surface area contributed by atoms with E-state index in [0.29, 0.717) is 0 Å². The fourth-order valence-electron chi connectivity index (χ4n) is 9.34. The Hall–Kier alpha value is -6.50. The van der Waals surface area contributed by atoms with Crippen molar-refractivity contribution < 1.29 is 0 Å². The molecule has 0 atom stereocenters. The van der Waals surface area contributed by atoms with Gasteiger partial charge in [0.1, 0.15) is 0 Å². The van der Waals surface area contributed by atoms with Crippen LogP contribution in [0, 0.1) is 0 Å². The lowest BCUT2D eigenvalue weighted by molar-refractivity contribution is 0.661. The van der Waals surface area contributed by atoms with Crippen LogP contribution < -0.4 is 0 Å². The fourth-order valence-corrected chi connectivity index (χ4v) is 9.34. The Bertz CT molecular complexity index is 3120. The van der Waals surface area contributed by atoms with Crippen LogP contribution in [0.2, 0.25) is 0 Å². The van der Waals surface area contributed by atoms with Gasteiger partial charge in [-0.15, -0.1) is 0 Å². The minimum Gasteiger partial charge on any atom is -0.0616 e. The molecule has 0 spiro atoms. The molecule has 0 aromatic heterocycles. The van der Waals surface area contributed by atoms with Gasteiger partial charge in [-0.1, -0.05) is 172 Å². The third-order valence-corrected chi connectivity index (χ3v) is 12.0. The lowest BCUT2D eigenvalue weighted by Crippen LogP contribution is -2.15. The summed E-state index contributed by atoms with van der Waals surface area (Å²) in [5.74, 6) is 0. The molecule has 0 unspecified atom stereocenters. The molecule has 0 N–H and O–H groups in total. The van der Waals surface area contributed by atoms with E-state index >= 15 is 0 Å². The first-order valence-electron chi connectivity index (χ1n) is 18.7. The van der Waals surface area contributed by atoms with Crippen LogP contribution in [0.15, 0.2) is 182 Å². The van der Waals surface area contributed by atoms with Gasteiger partial charge in [-0.25, -0.2) is 0 Å². The van der Waals surface area contributed by atoms with Crippen LogP contribution in [0.1, 0.15) is 25.0 Å². The molecule has 0 heterocycles. The van der Waals surface area contributed by atoms with Gasteiger partial charge in [0.15, 0.2) is 0 Å². The third kappa shape index (κ3) is 4.49. The number of benzene rings is 10. The molecule has 0 saturated carbocycles. The Kier molecular flexibility index (Phi) is 6.40. The summed E-state index contributed by atoms with van der Waals surface area (Å²) < 4.78 is 0. The van der Waals surface area contributed by atoms with Gasteiger partial charge < -0.3 is 0 Å². The molecule has 11 rings (SSSR count). The standard InChI is InChI=1S/C53H36/c1-53(2)50-31-36(25-27-45(50)46-28-26-38(32-51(46)53)49-29-37-12-4-5-13-40(37)42-15-7-8-16-43(42)49)33-19-21-35(22-20-33)48-30-39-24-23-34-11-3-6-14-41(34)52(39)47-18-10-9-17-44(47)48/h3-32H,1-2H3. The molecule has 0 fully saturated rings. The Labute approximate surface area is 309 Å². The topological polar surface area (TPSA) is 0 Å². The van der Waals surface area contributed by atoms with Crippen LogP contribution in [0.4, 0.5) is 0 Å². The maximum absolute atomic E-state index is 2.46. The summed E-state index contributed by atoms with van der Waals surface area (Å²) in [4.78, 5) is 0. The van der Waals surface area contributed by atoms with Crippen molar-refractivity contribution in [3.8, 4) is 44.5 Å². The third-order valence-electron chi connectivity index (χ3n) is 12.0. The van der Waals surface area contributed by atoms with Crippen molar-refractivity contribution in [3.63, 3.8) is 0 Å². The smallest absolute Gasteiger partial charge is 0.0159 e. The molecule has 1 aliphatic rings. The predicted octanol–water partition coefficient (Wildman–Crippen LogP) is 14.8. The number of hydrogen-bond donors (Lipinski definition) is 0. The molecule has 0 saturated heterocycles. The van der Waals surface area contributed by atoms with E-state index in [4.69, 9.17) is 0 Å². The lowest BCUT2D eigenvalue weighted by atomic mass is 9.80. The molecule has 0 radical (unpaired) electrons. The molecule has 0 heteroatoms. The highest BCUT2D eigenvalue weighted by atomic mass is 14.4. The second-order valence-electron chi connectivity index (χ2n) is 15.3. The molecule has 10 aromatic rings. The highest BCUT2D eigenvalue weighted by Crippen LogP contribution is 2.51. The van der Waals surface area contributed by atoms with Gasteiger partial charge >= 0.3 is 0 Å². The van der Waals surface area contributed by atoms with E-state index in [0.717, 1.165) is 0 Å². The second kappa shape index (κ2) is 11.2.